The molecule has 4 atom stereocenters. The van der Waals surface area contributed by atoms with Gasteiger partial charge in [-0.25, -0.2) is 0 Å². The van der Waals surface area contributed by atoms with Crippen molar-refractivity contribution in [2.45, 2.75) is 147 Å². The number of Topliss-reactive ketones (excluding diaryl/α,β-unsaturated/α-hetero) is 1. The number of aliphatic hydroxyl groups is 4. The van der Waals surface area contributed by atoms with E-state index in [1.54, 1.807) is 0 Å². The quantitative estimate of drug-likeness (QED) is 0.0282. The van der Waals surface area contributed by atoms with E-state index in [1.165, 1.54) is 6.92 Å². The number of aliphatic hydroxyl groups excluding tert-OH is 4. The third-order valence-corrected chi connectivity index (χ3v) is 8.43. The SMILES string of the molecule is CC(=O)CCCCC(=O)O.C[N+](C)(C)CC(O)CC(=O)O.C[N+](C)(C)CC(O)CC(=O)O.C[N+](C)(C)CC(O)CC(=O)O.C[N+](C)(C)CC(O)CC(=O)O.O=C(O)CCCC(=O)O.O=C(O)CCCCC(=O)O.O=C([O-])CCCC(=O)O. The molecule has 4 unspecified atom stereocenters. The number of carbonyl (C=O) groups is 12. The normalized spacial score (nSPS) is 12.0. The van der Waals surface area contributed by atoms with Crippen molar-refractivity contribution in [2.75, 3.05) is 111 Å². The Morgan fingerprint density at radius 1 is 0.280 bits per heavy atom. The first-order chi connectivity index (χ1) is 36.7. The van der Waals surface area contributed by atoms with Gasteiger partial charge in [0.05, 0.1) is 110 Å². The monoisotopic (exact) mass is 1200 g/mol. The van der Waals surface area contributed by atoms with Gasteiger partial charge in [0.25, 0.3) is 0 Å². The van der Waals surface area contributed by atoms with Gasteiger partial charge in [-0.3, -0.25) is 47.9 Å². The van der Waals surface area contributed by atoms with Crippen molar-refractivity contribution in [1.29, 1.82) is 0 Å². The Hall–Kier alpha value is -6.48. The fourth-order valence-electron chi connectivity index (χ4n) is 5.57. The number of likely N-dealkylation sites (N-methyl/N-ethyl adjacent to an activating group) is 4. The smallest absolute Gasteiger partial charge is 0.306 e. The molecule has 484 valence electrons. The van der Waals surface area contributed by atoms with Crippen LogP contribution in [0.15, 0.2) is 0 Å². The van der Waals surface area contributed by atoms with E-state index in [2.05, 4.69) is 0 Å². The average molecular weight is 1200 g/mol. The van der Waals surface area contributed by atoms with E-state index >= 15 is 0 Å². The van der Waals surface area contributed by atoms with Crippen LogP contribution in [0.5, 0.6) is 0 Å². The van der Waals surface area contributed by atoms with Gasteiger partial charge < -0.3 is 104 Å². The molecular weight excluding hydrogens is 1100 g/mol. The summed E-state index contributed by atoms with van der Waals surface area (Å²) in [6.07, 6.45) is -0.696. The van der Waals surface area contributed by atoms with Gasteiger partial charge in [0.2, 0.25) is 0 Å². The van der Waals surface area contributed by atoms with Crippen LogP contribution in [-0.4, -0.2) is 296 Å². The standard InChI is InChI=1S/4C7H15NO3.C7H12O3.C6H10O4.2C5H8O4/c4*1-8(2,3)5-6(9)4-7(10)11;1-6(8)4-2-3-5-7(9)10;7-5(8)3-1-2-4-6(9)10;2*6-4(7)2-1-3-5(8)9/h4*6,9H,4-5H2,1-3H3;2-5H2,1H3,(H,9,10);1-4H2,(H,7,8)(H,9,10);2*1-3H2,(H,6,7)(H,8,9)/p+3. The van der Waals surface area contributed by atoms with E-state index in [4.69, 9.17) is 71.5 Å². The van der Waals surface area contributed by atoms with Crippen LogP contribution in [0.4, 0.5) is 0 Å². The first-order valence-corrected chi connectivity index (χ1v) is 25.6. The molecule has 0 saturated carbocycles. The van der Waals surface area contributed by atoms with Crippen molar-refractivity contribution in [1.82, 2.24) is 0 Å². The summed E-state index contributed by atoms with van der Waals surface area (Å²) < 4.78 is 2.31. The van der Waals surface area contributed by atoms with Gasteiger partial charge in [-0.15, -0.1) is 0 Å². The molecule has 0 spiro atoms. The summed E-state index contributed by atoms with van der Waals surface area (Å²) in [7, 11) is 22.9. The van der Waals surface area contributed by atoms with Gasteiger partial charge in [-0.05, 0) is 51.9 Å². The molecule has 0 fully saturated rings. The fourth-order valence-corrected chi connectivity index (χ4v) is 5.57. The van der Waals surface area contributed by atoms with Crippen LogP contribution >= 0.6 is 0 Å². The number of nitrogens with zero attached hydrogens (tertiary/aromatic N) is 4. The van der Waals surface area contributed by atoms with E-state index in [0.29, 0.717) is 76.2 Å². The zero-order valence-electron chi connectivity index (χ0n) is 50.2. The first-order valence-electron chi connectivity index (χ1n) is 25.6. The number of carboxylic acids is 11. The predicted molar refractivity (Wildman–Crippen MR) is 291 cm³/mol. The Labute approximate surface area is 480 Å². The highest BCUT2D eigenvalue weighted by Gasteiger charge is 2.20. The van der Waals surface area contributed by atoms with Crippen molar-refractivity contribution >= 4 is 71.4 Å². The number of quaternary nitrogens is 4. The van der Waals surface area contributed by atoms with Crippen molar-refractivity contribution in [2.24, 2.45) is 0 Å². The summed E-state index contributed by atoms with van der Waals surface area (Å²) in [5, 5.41) is 128. The van der Waals surface area contributed by atoms with E-state index < -0.39 is 90.1 Å². The fraction of sp³-hybridized carbons (Fsp3) is 0.765. The summed E-state index contributed by atoms with van der Waals surface area (Å²) in [6.45, 7) is 3.37. The maximum atomic E-state index is 10.3. The van der Waals surface area contributed by atoms with Crippen LogP contribution in [0.3, 0.4) is 0 Å². The summed E-state index contributed by atoms with van der Waals surface area (Å²) in [5.41, 5.74) is 0. The molecule has 0 aromatic carbocycles. The van der Waals surface area contributed by atoms with Gasteiger partial charge in [0.1, 0.15) is 56.4 Å². The number of aliphatic carboxylic acids is 11. The van der Waals surface area contributed by atoms with Gasteiger partial charge in [-0.2, -0.15) is 0 Å². The van der Waals surface area contributed by atoms with Crippen molar-refractivity contribution in [3.8, 4) is 0 Å². The minimum atomic E-state index is -1.20. The molecule has 82 heavy (non-hydrogen) atoms. The van der Waals surface area contributed by atoms with Gasteiger partial charge in [0, 0.05) is 50.9 Å². The molecule has 14 N–H and O–H groups in total. The number of carboxylic acid groups (broad SMARTS) is 11. The van der Waals surface area contributed by atoms with Gasteiger partial charge >= 0.3 is 59.7 Å². The number of unbranched alkanes of at least 4 members (excludes halogenated alkanes) is 2. The lowest BCUT2D eigenvalue weighted by Crippen LogP contribution is -2.42. The van der Waals surface area contributed by atoms with E-state index in [9.17, 15) is 62.6 Å². The largest absolute Gasteiger partial charge is 0.550 e. The summed E-state index contributed by atoms with van der Waals surface area (Å²) in [5.74, 6) is -10.3. The lowest BCUT2D eigenvalue weighted by atomic mass is 10.1. The molecule has 0 saturated heterocycles. The highest BCUT2D eigenvalue weighted by atomic mass is 16.4. The number of hydrogen-bond acceptors (Lipinski definition) is 17. The van der Waals surface area contributed by atoms with Crippen LogP contribution in [-0.2, 0) is 57.5 Å². The molecule has 0 heterocycles. The van der Waals surface area contributed by atoms with Crippen molar-refractivity contribution < 1.29 is 152 Å². The van der Waals surface area contributed by atoms with E-state index in [0.717, 1.165) is 0 Å². The third kappa shape index (κ3) is 125. The Kier molecular flexibility index (Phi) is 59.0. The Bertz CT molecular complexity index is 1580. The minimum Gasteiger partial charge on any atom is -0.550 e. The zero-order chi connectivity index (χ0) is 66.8. The molecule has 0 aliphatic carbocycles. The van der Waals surface area contributed by atoms with Crippen LogP contribution in [0.1, 0.15) is 122 Å². The predicted octanol–water partition coefficient (Wildman–Crippen LogP) is -0.634. The van der Waals surface area contributed by atoms with Crippen LogP contribution < -0.4 is 5.11 Å². The molecule has 31 heteroatoms. The summed E-state index contributed by atoms with van der Waals surface area (Å²) in [6, 6.07) is 0. The molecule has 0 rings (SSSR count). The van der Waals surface area contributed by atoms with Crippen LogP contribution in [0, 0.1) is 0 Å². The van der Waals surface area contributed by atoms with E-state index in [-0.39, 0.29) is 89.3 Å². The second-order valence-corrected chi connectivity index (χ2v) is 22.5. The Balaban J connectivity index is -0.000000127. The first kappa shape index (κ1) is 92.0. The van der Waals surface area contributed by atoms with Crippen molar-refractivity contribution in [3.63, 3.8) is 0 Å². The topological polar surface area (TPSA) is 511 Å². The third-order valence-electron chi connectivity index (χ3n) is 8.43. The summed E-state index contributed by atoms with van der Waals surface area (Å²) >= 11 is 0. The molecule has 0 radical (unpaired) electrons. The van der Waals surface area contributed by atoms with Gasteiger partial charge in [0.15, 0.2) is 0 Å². The Morgan fingerprint density at radius 2 is 0.439 bits per heavy atom. The molecule has 0 aromatic heterocycles. The maximum Gasteiger partial charge on any atom is 0.306 e. The van der Waals surface area contributed by atoms with Crippen LogP contribution in [0.25, 0.3) is 0 Å². The van der Waals surface area contributed by atoms with E-state index in [1.807, 2.05) is 84.6 Å². The lowest BCUT2D eigenvalue weighted by molar-refractivity contribution is -0.873. The molecular formula is C51H101N4O27+3. The maximum absolute atomic E-state index is 10.3. The van der Waals surface area contributed by atoms with Crippen LogP contribution in [0.2, 0.25) is 0 Å². The lowest BCUT2D eigenvalue weighted by Gasteiger charge is -2.25. The number of rotatable bonds is 34. The second kappa shape index (κ2) is 52.6. The highest BCUT2D eigenvalue weighted by Crippen LogP contribution is 2.03. The number of hydrogen-bond donors (Lipinski definition) is 14. The molecule has 31 nitrogen and oxygen atoms in total. The minimum absolute atomic E-state index is 0.0628. The molecule has 0 aromatic rings. The van der Waals surface area contributed by atoms with Gasteiger partial charge in [-0.1, -0.05) is 0 Å². The Morgan fingerprint density at radius 3 is 0.573 bits per heavy atom. The molecule has 0 aliphatic rings. The summed E-state index contributed by atoms with van der Waals surface area (Å²) in [4.78, 5) is 120. The zero-order valence-corrected chi connectivity index (χ0v) is 50.2. The number of ketones is 1. The number of carbonyl (C=O) groups excluding carboxylic acids is 2. The van der Waals surface area contributed by atoms with Crippen molar-refractivity contribution in [3.05, 3.63) is 0 Å². The second-order valence-electron chi connectivity index (χ2n) is 22.5. The molecule has 0 aliphatic heterocycles. The average Bonchev–Trinajstić information content (AvgIpc) is 3.18. The highest BCUT2D eigenvalue weighted by molar-refractivity contribution is 5.75. The molecule has 0 amide bonds. The molecule has 0 bridgehead atoms.